The Morgan fingerprint density at radius 1 is 1.00 bits per heavy atom. The molecule has 0 bridgehead atoms. The van der Waals surface area contributed by atoms with Crippen molar-refractivity contribution in [3.63, 3.8) is 0 Å². The largest absolute Gasteiger partial charge is 0.242 e. The number of hydrogen-bond acceptors (Lipinski definition) is 3. The van der Waals surface area contributed by atoms with Crippen molar-refractivity contribution >= 4 is 33.0 Å². The Hall–Kier alpha value is -1.73. The normalized spacial score (nSPS) is 12.9. The molecule has 3 rings (SSSR count). The molecule has 0 aliphatic rings. The average molecular weight is 382 g/mol. The minimum Gasteiger partial charge on any atom is -0.207 e. The van der Waals surface area contributed by atoms with E-state index < -0.39 is 16.1 Å². The van der Waals surface area contributed by atoms with Crippen LogP contribution in [0, 0.1) is 5.82 Å². The zero-order chi connectivity index (χ0) is 17.2. The molecule has 0 saturated heterocycles. The zero-order valence-corrected chi connectivity index (χ0v) is 14.7. The van der Waals surface area contributed by atoms with E-state index in [1.54, 1.807) is 24.3 Å². The third-order valence-electron chi connectivity index (χ3n) is 3.43. The molecule has 0 unspecified atom stereocenters. The van der Waals surface area contributed by atoms with Gasteiger partial charge in [0.25, 0.3) is 0 Å². The Morgan fingerprint density at radius 3 is 2.33 bits per heavy atom. The molecule has 124 valence electrons. The summed E-state index contributed by atoms with van der Waals surface area (Å²) >= 11 is 7.43. The van der Waals surface area contributed by atoms with Gasteiger partial charge in [0, 0.05) is 4.88 Å². The van der Waals surface area contributed by atoms with E-state index in [2.05, 4.69) is 4.72 Å². The Balaban J connectivity index is 2.01. The smallest absolute Gasteiger partial charge is 0.207 e. The van der Waals surface area contributed by atoms with Crippen molar-refractivity contribution in [3.05, 3.63) is 87.3 Å². The second-order valence-electron chi connectivity index (χ2n) is 5.05. The van der Waals surface area contributed by atoms with Gasteiger partial charge in [-0.05, 0) is 41.3 Å². The van der Waals surface area contributed by atoms with Crippen LogP contribution < -0.4 is 4.72 Å². The van der Waals surface area contributed by atoms with Crippen molar-refractivity contribution in [2.45, 2.75) is 10.9 Å². The summed E-state index contributed by atoms with van der Waals surface area (Å²) in [4.78, 5) is 0.813. The summed E-state index contributed by atoms with van der Waals surface area (Å²) in [6.45, 7) is 0. The average Bonchev–Trinajstić information content (AvgIpc) is 3.08. The van der Waals surface area contributed by atoms with Crippen LogP contribution in [0.4, 0.5) is 4.39 Å². The third-order valence-corrected chi connectivity index (χ3v) is 6.29. The highest BCUT2D eigenvalue weighted by Crippen LogP contribution is 2.29. The molecule has 1 heterocycles. The van der Waals surface area contributed by atoms with Crippen molar-refractivity contribution in [1.29, 1.82) is 0 Å². The van der Waals surface area contributed by atoms with Crippen LogP contribution >= 0.6 is 22.9 Å². The van der Waals surface area contributed by atoms with Crippen LogP contribution in [-0.2, 0) is 10.0 Å². The van der Waals surface area contributed by atoms with Crippen LogP contribution in [0.25, 0.3) is 0 Å². The van der Waals surface area contributed by atoms with Crippen LogP contribution in [-0.4, -0.2) is 8.42 Å². The minimum absolute atomic E-state index is 0.00957. The van der Waals surface area contributed by atoms with Gasteiger partial charge < -0.3 is 0 Å². The predicted molar refractivity (Wildman–Crippen MR) is 94.3 cm³/mol. The fraction of sp³-hybridized carbons (Fsp3) is 0.0588. The molecule has 7 heteroatoms. The molecule has 3 nitrogen and oxygen atoms in total. The molecule has 0 aliphatic heterocycles. The molecule has 1 atom stereocenters. The summed E-state index contributed by atoms with van der Waals surface area (Å²) < 4.78 is 41.3. The van der Waals surface area contributed by atoms with Gasteiger partial charge >= 0.3 is 0 Å². The van der Waals surface area contributed by atoms with Crippen LogP contribution in [0.5, 0.6) is 0 Å². The molecule has 24 heavy (non-hydrogen) atoms. The fourth-order valence-electron chi connectivity index (χ4n) is 2.28. The molecular weight excluding hydrogens is 369 g/mol. The van der Waals surface area contributed by atoms with Gasteiger partial charge in [0.15, 0.2) is 0 Å². The Kier molecular flexibility index (Phi) is 5.01. The highest BCUT2D eigenvalue weighted by atomic mass is 35.5. The molecule has 0 radical (unpaired) electrons. The van der Waals surface area contributed by atoms with Gasteiger partial charge in [0.05, 0.1) is 11.1 Å². The molecule has 3 aromatic rings. The first-order valence-corrected chi connectivity index (χ1v) is 9.77. The first-order chi connectivity index (χ1) is 11.5. The summed E-state index contributed by atoms with van der Waals surface area (Å²) in [5.74, 6) is -0.377. The van der Waals surface area contributed by atoms with E-state index >= 15 is 0 Å². The van der Waals surface area contributed by atoms with Crippen molar-refractivity contribution in [2.75, 3.05) is 0 Å². The minimum atomic E-state index is -3.84. The molecule has 1 N–H and O–H groups in total. The second-order valence-corrected chi connectivity index (χ2v) is 8.12. The van der Waals surface area contributed by atoms with Crippen LogP contribution in [0.15, 0.2) is 70.9 Å². The first kappa shape index (κ1) is 17.1. The van der Waals surface area contributed by atoms with E-state index in [4.69, 9.17) is 11.6 Å². The van der Waals surface area contributed by atoms with Crippen LogP contribution in [0.3, 0.4) is 0 Å². The maximum Gasteiger partial charge on any atom is 0.242 e. The van der Waals surface area contributed by atoms with E-state index in [-0.39, 0.29) is 15.7 Å². The lowest BCUT2D eigenvalue weighted by Crippen LogP contribution is -2.29. The molecular formula is C17H13ClFNO2S2. The Labute approximate surface area is 148 Å². The van der Waals surface area contributed by atoms with Crippen molar-refractivity contribution in [3.8, 4) is 0 Å². The summed E-state index contributed by atoms with van der Waals surface area (Å²) in [6, 6.07) is 15.0. The van der Waals surface area contributed by atoms with Gasteiger partial charge in [-0.15, -0.1) is 11.3 Å². The van der Waals surface area contributed by atoms with E-state index in [9.17, 15) is 12.8 Å². The number of sulfonamides is 1. The second kappa shape index (κ2) is 7.03. The topological polar surface area (TPSA) is 46.2 Å². The predicted octanol–water partition coefficient (Wildman–Crippen LogP) is 4.61. The summed E-state index contributed by atoms with van der Waals surface area (Å²) in [7, 11) is -3.84. The molecule has 0 aliphatic carbocycles. The van der Waals surface area contributed by atoms with E-state index in [1.807, 2.05) is 17.5 Å². The fourth-order valence-corrected chi connectivity index (χ4v) is 4.88. The lowest BCUT2D eigenvalue weighted by molar-refractivity contribution is 0.573. The molecule has 1 aromatic heterocycles. The van der Waals surface area contributed by atoms with Gasteiger partial charge in [-0.25, -0.2) is 12.8 Å². The number of thiophene rings is 1. The monoisotopic (exact) mass is 381 g/mol. The lowest BCUT2D eigenvalue weighted by atomic mass is 10.1. The first-order valence-electron chi connectivity index (χ1n) is 7.03. The Morgan fingerprint density at radius 2 is 1.71 bits per heavy atom. The highest BCUT2D eigenvalue weighted by molar-refractivity contribution is 7.89. The third kappa shape index (κ3) is 3.67. The van der Waals surface area contributed by atoms with Gasteiger partial charge in [-0.1, -0.05) is 41.9 Å². The summed E-state index contributed by atoms with van der Waals surface area (Å²) in [6.07, 6.45) is 0. The van der Waals surface area contributed by atoms with Crippen LogP contribution in [0.2, 0.25) is 5.02 Å². The van der Waals surface area contributed by atoms with Gasteiger partial charge in [-0.2, -0.15) is 4.72 Å². The zero-order valence-electron chi connectivity index (χ0n) is 12.3. The van der Waals surface area contributed by atoms with Gasteiger partial charge in [0.2, 0.25) is 10.0 Å². The van der Waals surface area contributed by atoms with E-state index in [1.165, 1.54) is 35.6 Å². The van der Waals surface area contributed by atoms with Crippen molar-refractivity contribution < 1.29 is 12.8 Å². The van der Waals surface area contributed by atoms with E-state index in [0.29, 0.717) is 5.56 Å². The molecule has 0 fully saturated rings. The number of rotatable bonds is 5. The van der Waals surface area contributed by atoms with Crippen LogP contribution in [0.1, 0.15) is 16.5 Å². The number of benzene rings is 2. The molecule has 0 saturated carbocycles. The standard InChI is InChI=1S/C17H13ClFNO2S2/c18-14-4-1-2-6-16(14)24(21,22)20-17(15-5-3-11-23-15)12-7-9-13(19)10-8-12/h1-11,17,20H/t17-/m1/s1. The van der Waals surface area contributed by atoms with E-state index in [0.717, 1.165) is 4.88 Å². The maximum atomic E-state index is 13.2. The highest BCUT2D eigenvalue weighted by Gasteiger charge is 2.25. The SMILES string of the molecule is O=S(=O)(N[C@H](c1ccc(F)cc1)c1cccs1)c1ccccc1Cl. The molecule has 0 spiro atoms. The van der Waals surface area contributed by atoms with Gasteiger partial charge in [0.1, 0.15) is 10.7 Å². The number of halogens is 2. The lowest BCUT2D eigenvalue weighted by Gasteiger charge is -2.18. The number of hydrogen-bond donors (Lipinski definition) is 1. The van der Waals surface area contributed by atoms with Crippen molar-refractivity contribution in [2.24, 2.45) is 0 Å². The molecule has 0 amide bonds. The van der Waals surface area contributed by atoms with Gasteiger partial charge in [-0.3, -0.25) is 0 Å². The summed E-state index contributed by atoms with van der Waals surface area (Å²) in [5, 5.41) is 2.00. The quantitative estimate of drug-likeness (QED) is 0.701. The molecule has 2 aromatic carbocycles. The number of nitrogens with one attached hydrogen (secondary N) is 1. The maximum absolute atomic E-state index is 13.2. The Bertz CT molecular complexity index is 925. The summed E-state index contributed by atoms with van der Waals surface area (Å²) in [5.41, 5.74) is 0.648. The van der Waals surface area contributed by atoms with Crippen molar-refractivity contribution in [1.82, 2.24) is 4.72 Å².